The van der Waals surface area contributed by atoms with Crippen LogP contribution in [0.4, 0.5) is 0 Å². The predicted molar refractivity (Wildman–Crippen MR) is 67.6 cm³/mol. The Labute approximate surface area is 101 Å². The van der Waals surface area contributed by atoms with Crippen molar-refractivity contribution in [2.45, 2.75) is 20.8 Å². The maximum atomic E-state index is 9.05. The second-order valence-corrected chi connectivity index (χ2v) is 4.36. The highest BCUT2D eigenvalue weighted by Gasteiger charge is 2.13. The molecule has 2 aromatic rings. The summed E-state index contributed by atoms with van der Waals surface area (Å²) in [6.45, 7) is 6.11. The number of hydrogen-bond donors (Lipinski definition) is 0. The van der Waals surface area contributed by atoms with Crippen LogP contribution in [0.5, 0.6) is 0 Å². The predicted octanol–water partition coefficient (Wildman–Crippen LogP) is 2.88. The van der Waals surface area contributed by atoms with Gasteiger partial charge in [-0.3, -0.25) is 4.68 Å². The van der Waals surface area contributed by atoms with Crippen molar-refractivity contribution in [1.29, 1.82) is 5.26 Å². The Morgan fingerprint density at radius 1 is 1.18 bits per heavy atom. The molecule has 0 N–H and O–H groups in total. The van der Waals surface area contributed by atoms with Crippen LogP contribution >= 0.6 is 0 Å². The molecule has 0 aliphatic carbocycles. The maximum absolute atomic E-state index is 9.05. The molecule has 0 radical (unpaired) electrons. The largest absolute Gasteiger partial charge is 0.257 e. The SMILES string of the molecule is Cc1ccc(-c2nn(C)c(C#N)c2C)cc1C. The summed E-state index contributed by atoms with van der Waals surface area (Å²) < 4.78 is 1.64. The van der Waals surface area contributed by atoms with Gasteiger partial charge in [0.25, 0.3) is 0 Å². The summed E-state index contributed by atoms with van der Waals surface area (Å²) in [6, 6.07) is 8.44. The molecule has 0 saturated heterocycles. The normalized spacial score (nSPS) is 10.3. The number of nitrogens with zero attached hydrogens (tertiary/aromatic N) is 3. The third-order valence-corrected chi connectivity index (χ3v) is 3.17. The second kappa shape index (κ2) is 4.06. The zero-order chi connectivity index (χ0) is 12.6. The van der Waals surface area contributed by atoms with Gasteiger partial charge in [-0.05, 0) is 38.0 Å². The van der Waals surface area contributed by atoms with E-state index in [1.165, 1.54) is 11.1 Å². The van der Waals surface area contributed by atoms with E-state index < -0.39 is 0 Å². The van der Waals surface area contributed by atoms with Gasteiger partial charge in [0.2, 0.25) is 0 Å². The van der Waals surface area contributed by atoms with E-state index in [0.29, 0.717) is 5.69 Å². The molecule has 17 heavy (non-hydrogen) atoms. The Bertz CT molecular complexity index is 615. The van der Waals surface area contributed by atoms with Gasteiger partial charge < -0.3 is 0 Å². The molecule has 86 valence electrons. The first-order valence-electron chi connectivity index (χ1n) is 5.56. The number of aromatic nitrogens is 2. The molecule has 0 aliphatic rings. The van der Waals surface area contributed by atoms with Crippen molar-refractivity contribution in [2.24, 2.45) is 7.05 Å². The quantitative estimate of drug-likeness (QED) is 0.748. The molecule has 0 atom stereocenters. The van der Waals surface area contributed by atoms with E-state index in [1.807, 2.05) is 6.92 Å². The lowest BCUT2D eigenvalue weighted by Crippen LogP contribution is -1.93. The van der Waals surface area contributed by atoms with Crippen LogP contribution in [0.1, 0.15) is 22.4 Å². The molecule has 0 aliphatic heterocycles. The Morgan fingerprint density at radius 2 is 1.88 bits per heavy atom. The van der Waals surface area contributed by atoms with Crippen molar-refractivity contribution in [3.8, 4) is 17.3 Å². The van der Waals surface area contributed by atoms with E-state index in [9.17, 15) is 0 Å². The molecule has 1 heterocycles. The first-order chi connectivity index (χ1) is 8.04. The first-order valence-corrected chi connectivity index (χ1v) is 5.56. The molecule has 0 fully saturated rings. The molecule has 3 nitrogen and oxygen atoms in total. The fraction of sp³-hybridized carbons (Fsp3) is 0.286. The molecule has 1 aromatic heterocycles. The topological polar surface area (TPSA) is 41.6 Å². The van der Waals surface area contributed by atoms with Gasteiger partial charge in [0.1, 0.15) is 11.8 Å². The van der Waals surface area contributed by atoms with Gasteiger partial charge in [-0.1, -0.05) is 12.1 Å². The summed E-state index contributed by atoms with van der Waals surface area (Å²) in [5.41, 5.74) is 6.04. The highest BCUT2D eigenvalue weighted by molar-refractivity contribution is 5.66. The minimum absolute atomic E-state index is 0.623. The molecule has 1 aromatic carbocycles. The molecule has 0 spiro atoms. The van der Waals surface area contributed by atoms with Crippen molar-refractivity contribution < 1.29 is 0 Å². The molecule has 0 bridgehead atoms. The summed E-state index contributed by atoms with van der Waals surface area (Å²) >= 11 is 0. The van der Waals surface area contributed by atoms with Crippen LogP contribution in [-0.2, 0) is 7.05 Å². The molecular weight excluding hydrogens is 210 g/mol. The number of hydrogen-bond acceptors (Lipinski definition) is 2. The molecule has 0 saturated carbocycles. The standard InChI is InChI=1S/C14H15N3/c1-9-5-6-12(7-10(9)2)14-11(3)13(8-15)17(4)16-14/h5-7H,1-4H3. The van der Waals surface area contributed by atoms with Crippen LogP contribution in [0.15, 0.2) is 18.2 Å². The lowest BCUT2D eigenvalue weighted by atomic mass is 10.0. The Hall–Kier alpha value is -2.08. The number of rotatable bonds is 1. The molecular formula is C14H15N3. The fourth-order valence-corrected chi connectivity index (χ4v) is 1.95. The van der Waals surface area contributed by atoms with Crippen LogP contribution < -0.4 is 0 Å². The first kappa shape index (κ1) is 11.4. The van der Waals surface area contributed by atoms with Crippen LogP contribution in [-0.4, -0.2) is 9.78 Å². The summed E-state index contributed by atoms with van der Waals surface area (Å²) in [6.07, 6.45) is 0. The van der Waals surface area contributed by atoms with Gasteiger partial charge in [0.05, 0.1) is 5.69 Å². The average Bonchev–Trinajstić information content (AvgIpc) is 2.58. The van der Waals surface area contributed by atoms with Crippen molar-refractivity contribution in [3.63, 3.8) is 0 Å². The molecule has 0 unspecified atom stereocenters. The Morgan fingerprint density at radius 3 is 2.41 bits per heavy atom. The summed E-state index contributed by atoms with van der Waals surface area (Å²) in [5, 5.41) is 13.5. The summed E-state index contributed by atoms with van der Waals surface area (Å²) in [5.74, 6) is 0. The monoisotopic (exact) mass is 225 g/mol. The highest BCUT2D eigenvalue weighted by atomic mass is 15.3. The fourth-order valence-electron chi connectivity index (χ4n) is 1.95. The van der Waals surface area contributed by atoms with Gasteiger partial charge in [-0.15, -0.1) is 0 Å². The number of benzene rings is 1. The highest BCUT2D eigenvalue weighted by Crippen LogP contribution is 2.25. The van der Waals surface area contributed by atoms with Crippen LogP contribution in [0.2, 0.25) is 0 Å². The van der Waals surface area contributed by atoms with Crippen molar-refractivity contribution in [2.75, 3.05) is 0 Å². The van der Waals surface area contributed by atoms with Crippen LogP contribution in [0.25, 0.3) is 11.3 Å². The van der Waals surface area contributed by atoms with E-state index >= 15 is 0 Å². The van der Waals surface area contributed by atoms with Crippen LogP contribution in [0.3, 0.4) is 0 Å². The van der Waals surface area contributed by atoms with Gasteiger partial charge in [0.15, 0.2) is 0 Å². The van der Waals surface area contributed by atoms with E-state index in [1.54, 1.807) is 11.7 Å². The third-order valence-electron chi connectivity index (χ3n) is 3.17. The van der Waals surface area contributed by atoms with E-state index in [2.05, 4.69) is 43.2 Å². The van der Waals surface area contributed by atoms with Gasteiger partial charge in [-0.25, -0.2) is 0 Å². The number of aryl methyl sites for hydroxylation is 3. The second-order valence-electron chi connectivity index (χ2n) is 4.36. The van der Waals surface area contributed by atoms with Crippen molar-refractivity contribution in [1.82, 2.24) is 9.78 Å². The molecule has 2 rings (SSSR count). The Balaban J connectivity index is 2.62. The summed E-state index contributed by atoms with van der Waals surface area (Å²) in [4.78, 5) is 0. The van der Waals surface area contributed by atoms with E-state index in [0.717, 1.165) is 16.8 Å². The van der Waals surface area contributed by atoms with Crippen molar-refractivity contribution in [3.05, 3.63) is 40.6 Å². The van der Waals surface area contributed by atoms with E-state index in [4.69, 9.17) is 5.26 Å². The smallest absolute Gasteiger partial charge is 0.141 e. The van der Waals surface area contributed by atoms with Crippen LogP contribution in [0, 0.1) is 32.1 Å². The minimum Gasteiger partial charge on any atom is -0.257 e. The lowest BCUT2D eigenvalue weighted by Gasteiger charge is -2.03. The maximum Gasteiger partial charge on any atom is 0.141 e. The molecule has 0 amide bonds. The van der Waals surface area contributed by atoms with Crippen molar-refractivity contribution >= 4 is 0 Å². The van der Waals surface area contributed by atoms with Gasteiger partial charge >= 0.3 is 0 Å². The third kappa shape index (κ3) is 1.83. The zero-order valence-corrected chi connectivity index (χ0v) is 10.6. The number of nitriles is 1. The Kier molecular flexibility index (Phi) is 2.72. The molecule has 3 heteroatoms. The van der Waals surface area contributed by atoms with E-state index in [-0.39, 0.29) is 0 Å². The lowest BCUT2D eigenvalue weighted by molar-refractivity contribution is 0.758. The average molecular weight is 225 g/mol. The summed E-state index contributed by atoms with van der Waals surface area (Å²) in [7, 11) is 1.80. The zero-order valence-electron chi connectivity index (χ0n) is 10.6. The van der Waals surface area contributed by atoms with Gasteiger partial charge in [0, 0.05) is 18.2 Å². The van der Waals surface area contributed by atoms with Gasteiger partial charge in [-0.2, -0.15) is 10.4 Å². The minimum atomic E-state index is 0.623.